The van der Waals surface area contributed by atoms with Gasteiger partial charge in [0.15, 0.2) is 0 Å². The Labute approximate surface area is 132 Å². The van der Waals surface area contributed by atoms with E-state index in [1.165, 1.54) is 0 Å². The molecule has 4 heteroatoms. The third kappa shape index (κ3) is 3.80. The van der Waals surface area contributed by atoms with Gasteiger partial charge in [-0.25, -0.2) is 0 Å². The molecule has 122 valence electrons. The topological polar surface area (TPSA) is 58.6 Å². The van der Waals surface area contributed by atoms with Crippen LogP contribution in [0.25, 0.3) is 0 Å². The van der Waals surface area contributed by atoms with Gasteiger partial charge in [0.05, 0.1) is 18.8 Å². The Morgan fingerprint density at radius 2 is 2.18 bits per heavy atom. The quantitative estimate of drug-likeness (QED) is 0.876. The van der Waals surface area contributed by atoms with E-state index in [2.05, 4.69) is 5.32 Å². The lowest BCUT2D eigenvalue weighted by atomic mass is 9.93. The van der Waals surface area contributed by atoms with Gasteiger partial charge < -0.3 is 15.2 Å². The summed E-state index contributed by atoms with van der Waals surface area (Å²) in [6, 6.07) is 3.93. The lowest BCUT2D eigenvalue weighted by Gasteiger charge is -2.29. The minimum atomic E-state index is -0.474. The lowest BCUT2D eigenvalue weighted by Crippen LogP contribution is -2.33. The van der Waals surface area contributed by atoms with Gasteiger partial charge in [-0.3, -0.25) is 4.79 Å². The third-order valence-corrected chi connectivity index (χ3v) is 4.05. The molecule has 1 aliphatic heterocycles. The Morgan fingerprint density at radius 3 is 2.82 bits per heavy atom. The van der Waals surface area contributed by atoms with E-state index in [4.69, 9.17) is 4.74 Å². The molecule has 2 rings (SSSR count). The number of nitrogens with one attached hydrogen (secondary N) is 1. The minimum absolute atomic E-state index is 0.0299. The van der Waals surface area contributed by atoms with Gasteiger partial charge in [-0.2, -0.15) is 0 Å². The van der Waals surface area contributed by atoms with E-state index in [9.17, 15) is 9.90 Å². The van der Waals surface area contributed by atoms with Crippen LogP contribution in [0.3, 0.4) is 0 Å². The van der Waals surface area contributed by atoms with Crippen molar-refractivity contribution < 1.29 is 14.6 Å². The predicted molar refractivity (Wildman–Crippen MR) is 86.9 cm³/mol. The first-order chi connectivity index (χ1) is 10.4. The van der Waals surface area contributed by atoms with E-state index in [0.717, 1.165) is 28.9 Å². The molecule has 22 heavy (non-hydrogen) atoms. The molecule has 0 radical (unpaired) electrons. The maximum atomic E-state index is 12.1. The van der Waals surface area contributed by atoms with Crippen LogP contribution in [0.1, 0.15) is 68.9 Å². The zero-order chi connectivity index (χ0) is 16.3. The summed E-state index contributed by atoms with van der Waals surface area (Å²) >= 11 is 0. The number of benzene rings is 1. The van der Waals surface area contributed by atoms with Crippen LogP contribution < -0.4 is 10.1 Å². The molecular formula is C18H27NO3. The van der Waals surface area contributed by atoms with Gasteiger partial charge in [0.25, 0.3) is 0 Å². The summed E-state index contributed by atoms with van der Waals surface area (Å²) in [6.07, 6.45) is 1.49. The minimum Gasteiger partial charge on any atom is -0.493 e. The van der Waals surface area contributed by atoms with Crippen molar-refractivity contribution in [1.82, 2.24) is 5.32 Å². The number of ether oxygens (including phenoxy) is 1. The number of rotatable bonds is 5. The Hall–Kier alpha value is -1.55. The Balaban J connectivity index is 2.28. The van der Waals surface area contributed by atoms with Crippen molar-refractivity contribution in [2.45, 2.75) is 59.1 Å². The van der Waals surface area contributed by atoms with Gasteiger partial charge in [0.1, 0.15) is 5.75 Å². The molecule has 0 saturated heterocycles. The summed E-state index contributed by atoms with van der Waals surface area (Å²) in [4.78, 5) is 12.1. The molecule has 2 N–H and O–H groups in total. The summed E-state index contributed by atoms with van der Waals surface area (Å²) in [6.45, 7) is 8.63. The highest BCUT2D eigenvalue weighted by Crippen LogP contribution is 2.37. The zero-order valence-corrected chi connectivity index (χ0v) is 14.0. The van der Waals surface area contributed by atoms with Crippen LogP contribution in [0.15, 0.2) is 12.1 Å². The maximum absolute atomic E-state index is 12.1. The van der Waals surface area contributed by atoms with Crippen molar-refractivity contribution in [3.8, 4) is 5.75 Å². The SMILES string of the molecule is CCC(O)c1cc(C)c2c(c1)C(NC(=O)CC(C)C)CCO2. The van der Waals surface area contributed by atoms with E-state index in [-0.39, 0.29) is 11.9 Å². The highest BCUT2D eigenvalue weighted by atomic mass is 16.5. The normalized spacial score (nSPS) is 18.5. The van der Waals surface area contributed by atoms with Crippen LogP contribution in [-0.2, 0) is 4.79 Å². The molecule has 1 heterocycles. The van der Waals surface area contributed by atoms with Gasteiger partial charge in [-0.15, -0.1) is 0 Å². The van der Waals surface area contributed by atoms with E-state index < -0.39 is 6.10 Å². The molecule has 1 aliphatic rings. The molecular weight excluding hydrogens is 278 g/mol. The molecule has 2 unspecified atom stereocenters. The van der Waals surface area contributed by atoms with E-state index >= 15 is 0 Å². The summed E-state index contributed by atoms with van der Waals surface area (Å²) in [5, 5.41) is 13.2. The van der Waals surface area contributed by atoms with Gasteiger partial charge in [-0.1, -0.05) is 20.8 Å². The Bertz CT molecular complexity index is 539. The number of carbonyl (C=O) groups excluding carboxylic acids is 1. The fraction of sp³-hybridized carbons (Fsp3) is 0.611. The fourth-order valence-electron chi connectivity index (χ4n) is 2.92. The second-order valence-electron chi connectivity index (χ2n) is 6.54. The monoisotopic (exact) mass is 305 g/mol. The molecule has 0 aromatic heterocycles. The number of hydrogen-bond donors (Lipinski definition) is 2. The molecule has 1 aromatic carbocycles. The molecule has 1 aromatic rings. The molecule has 4 nitrogen and oxygen atoms in total. The van der Waals surface area contributed by atoms with Crippen LogP contribution in [0, 0.1) is 12.8 Å². The lowest BCUT2D eigenvalue weighted by molar-refractivity contribution is -0.122. The van der Waals surface area contributed by atoms with Crippen molar-refractivity contribution in [3.05, 3.63) is 28.8 Å². The molecule has 0 fully saturated rings. The smallest absolute Gasteiger partial charge is 0.220 e. The van der Waals surface area contributed by atoms with Crippen molar-refractivity contribution in [2.75, 3.05) is 6.61 Å². The number of aryl methyl sites for hydroxylation is 1. The second-order valence-corrected chi connectivity index (χ2v) is 6.54. The molecule has 2 atom stereocenters. The van der Waals surface area contributed by atoms with Gasteiger partial charge in [0, 0.05) is 18.4 Å². The Morgan fingerprint density at radius 1 is 1.45 bits per heavy atom. The highest BCUT2D eigenvalue weighted by Gasteiger charge is 2.26. The number of hydrogen-bond acceptors (Lipinski definition) is 3. The largest absolute Gasteiger partial charge is 0.493 e. The van der Waals surface area contributed by atoms with Gasteiger partial charge in [-0.05, 0) is 42.5 Å². The third-order valence-electron chi connectivity index (χ3n) is 4.05. The molecule has 0 spiro atoms. The van der Waals surface area contributed by atoms with Crippen molar-refractivity contribution in [1.29, 1.82) is 0 Å². The van der Waals surface area contributed by atoms with E-state index in [1.807, 2.05) is 39.8 Å². The van der Waals surface area contributed by atoms with Crippen molar-refractivity contribution in [2.24, 2.45) is 5.92 Å². The van der Waals surface area contributed by atoms with Gasteiger partial charge >= 0.3 is 0 Å². The highest BCUT2D eigenvalue weighted by molar-refractivity contribution is 5.76. The summed E-state index contributed by atoms with van der Waals surface area (Å²) in [7, 11) is 0. The fourth-order valence-corrected chi connectivity index (χ4v) is 2.92. The number of amides is 1. The zero-order valence-electron chi connectivity index (χ0n) is 14.0. The van der Waals surface area contributed by atoms with Crippen LogP contribution in [0.4, 0.5) is 0 Å². The van der Waals surface area contributed by atoms with Crippen molar-refractivity contribution >= 4 is 5.91 Å². The summed E-state index contributed by atoms with van der Waals surface area (Å²) in [5.74, 6) is 1.27. The average molecular weight is 305 g/mol. The summed E-state index contributed by atoms with van der Waals surface area (Å²) in [5.41, 5.74) is 2.90. The number of fused-ring (bicyclic) bond motifs is 1. The average Bonchev–Trinajstić information content (AvgIpc) is 2.46. The van der Waals surface area contributed by atoms with E-state index in [0.29, 0.717) is 25.4 Å². The van der Waals surface area contributed by atoms with Crippen LogP contribution in [-0.4, -0.2) is 17.6 Å². The predicted octanol–water partition coefficient (Wildman–Crippen LogP) is 3.42. The number of aliphatic hydroxyl groups excluding tert-OH is 1. The molecule has 0 aliphatic carbocycles. The first-order valence-corrected chi connectivity index (χ1v) is 8.17. The Kier molecular flexibility index (Phi) is 5.46. The van der Waals surface area contributed by atoms with Crippen molar-refractivity contribution in [3.63, 3.8) is 0 Å². The standard InChI is InChI=1S/C18H27NO3/c1-5-16(20)13-9-12(4)18-14(10-13)15(6-7-22-18)19-17(21)8-11(2)3/h9-11,15-16,20H,5-8H2,1-4H3,(H,19,21). The second kappa shape index (κ2) is 7.14. The van der Waals surface area contributed by atoms with Crippen LogP contribution >= 0.6 is 0 Å². The molecule has 1 amide bonds. The van der Waals surface area contributed by atoms with E-state index in [1.54, 1.807) is 0 Å². The first kappa shape index (κ1) is 16.8. The first-order valence-electron chi connectivity index (χ1n) is 8.17. The number of aliphatic hydroxyl groups is 1. The summed E-state index contributed by atoms with van der Waals surface area (Å²) < 4.78 is 5.78. The molecule has 0 bridgehead atoms. The van der Waals surface area contributed by atoms with Crippen LogP contribution in [0.5, 0.6) is 5.75 Å². The number of carbonyl (C=O) groups is 1. The molecule has 0 saturated carbocycles. The van der Waals surface area contributed by atoms with Gasteiger partial charge in [0.2, 0.25) is 5.91 Å². The van der Waals surface area contributed by atoms with Crippen LogP contribution in [0.2, 0.25) is 0 Å². The maximum Gasteiger partial charge on any atom is 0.220 e.